The first-order valence-corrected chi connectivity index (χ1v) is 8.34. The van der Waals surface area contributed by atoms with Gasteiger partial charge in [-0.1, -0.05) is 6.07 Å². The number of aromatic amines is 1. The fourth-order valence-electron chi connectivity index (χ4n) is 2.94. The first-order valence-electron chi connectivity index (χ1n) is 7.46. The average molecular weight is 311 g/mol. The molecule has 2 aromatic heterocycles. The number of piperazine rings is 1. The lowest BCUT2D eigenvalue weighted by Gasteiger charge is -2.35. The van der Waals surface area contributed by atoms with Gasteiger partial charge in [0.25, 0.3) is 5.91 Å². The standard InChI is InChI=1S/C17H17N3OS/c21-17(14-4-3-13-5-6-18-15(13)12-14)20-9-7-19(8-10-20)16-2-1-11-22-16/h1-6,11-12,18H,7-10H2. The minimum Gasteiger partial charge on any atom is -0.361 e. The van der Waals surface area contributed by atoms with Crippen molar-refractivity contribution < 1.29 is 4.79 Å². The predicted octanol–water partition coefficient (Wildman–Crippen LogP) is 3.19. The number of carbonyl (C=O) groups excluding carboxylic acids is 1. The molecule has 1 aromatic carbocycles. The van der Waals surface area contributed by atoms with E-state index in [1.54, 1.807) is 11.3 Å². The number of rotatable bonds is 2. The van der Waals surface area contributed by atoms with E-state index in [-0.39, 0.29) is 5.91 Å². The van der Waals surface area contributed by atoms with Crippen molar-refractivity contribution in [1.82, 2.24) is 9.88 Å². The van der Waals surface area contributed by atoms with E-state index in [1.165, 1.54) is 5.00 Å². The van der Waals surface area contributed by atoms with Crippen LogP contribution < -0.4 is 4.90 Å². The van der Waals surface area contributed by atoms with Crippen molar-refractivity contribution in [1.29, 1.82) is 0 Å². The predicted molar refractivity (Wildman–Crippen MR) is 90.7 cm³/mol. The highest BCUT2D eigenvalue weighted by Gasteiger charge is 2.22. The summed E-state index contributed by atoms with van der Waals surface area (Å²) in [6, 6.07) is 12.1. The topological polar surface area (TPSA) is 39.3 Å². The number of hydrogen-bond donors (Lipinski definition) is 1. The quantitative estimate of drug-likeness (QED) is 0.789. The van der Waals surface area contributed by atoms with Gasteiger partial charge in [0, 0.05) is 43.5 Å². The number of nitrogens with one attached hydrogen (secondary N) is 1. The molecule has 1 aliphatic rings. The Labute approximate surface area is 133 Å². The van der Waals surface area contributed by atoms with Gasteiger partial charge in [-0.25, -0.2) is 0 Å². The highest BCUT2D eigenvalue weighted by molar-refractivity contribution is 7.14. The van der Waals surface area contributed by atoms with Crippen LogP contribution in [0.2, 0.25) is 0 Å². The number of carbonyl (C=O) groups is 1. The SMILES string of the molecule is O=C(c1ccc2cc[nH]c2c1)N1CCN(c2cccs2)CC1. The Morgan fingerprint density at radius 1 is 1.09 bits per heavy atom. The summed E-state index contributed by atoms with van der Waals surface area (Å²) in [5, 5.41) is 4.53. The summed E-state index contributed by atoms with van der Waals surface area (Å²) in [6.07, 6.45) is 1.90. The number of anilines is 1. The van der Waals surface area contributed by atoms with Crippen molar-refractivity contribution in [3.8, 4) is 0 Å². The number of amides is 1. The highest BCUT2D eigenvalue weighted by atomic mass is 32.1. The van der Waals surface area contributed by atoms with Crippen LogP contribution in [0, 0.1) is 0 Å². The van der Waals surface area contributed by atoms with E-state index < -0.39 is 0 Å². The lowest BCUT2D eigenvalue weighted by molar-refractivity contribution is 0.0747. The van der Waals surface area contributed by atoms with Gasteiger partial charge in [0.2, 0.25) is 0 Å². The second-order valence-electron chi connectivity index (χ2n) is 5.51. The Hall–Kier alpha value is -2.27. The summed E-state index contributed by atoms with van der Waals surface area (Å²) in [7, 11) is 0. The monoisotopic (exact) mass is 311 g/mol. The summed E-state index contributed by atoms with van der Waals surface area (Å²) < 4.78 is 0. The molecule has 0 radical (unpaired) electrons. The smallest absolute Gasteiger partial charge is 0.254 e. The molecule has 1 aliphatic heterocycles. The molecule has 0 unspecified atom stereocenters. The molecule has 4 rings (SSSR count). The van der Waals surface area contributed by atoms with Crippen LogP contribution in [0.3, 0.4) is 0 Å². The van der Waals surface area contributed by atoms with E-state index in [9.17, 15) is 4.79 Å². The molecule has 0 saturated carbocycles. The third kappa shape index (κ3) is 2.37. The van der Waals surface area contributed by atoms with Crippen LogP contribution >= 0.6 is 11.3 Å². The number of benzene rings is 1. The van der Waals surface area contributed by atoms with E-state index in [2.05, 4.69) is 27.4 Å². The van der Waals surface area contributed by atoms with Crippen molar-refractivity contribution >= 4 is 33.1 Å². The molecule has 3 aromatic rings. The van der Waals surface area contributed by atoms with Gasteiger partial charge in [0.1, 0.15) is 0 Å². The molecule has 1 amide bonds. The zero-order chi connectivity index (χ0) is 14.9. The fourth-order valence-corrected chi connectivity index (χ4v) is 3.73. The van der Waals surface area contributed by atoms with Crippen LogP contribution in [0.15, 0.2) is 48.0 Å². The largest absolute Gasteiger partial charge is 0.361 e. The molecule has 22 heavy (non-hydrogen) atoms. The molecule has 0 aliphatic carbocycles. The summed E-state index contributed by atoms with van der Waals surface area (Å²) in [5.74, 6) is 0.127. The van der Waals surface area contributed by atoms with E-state index in [4.69, 9.17) is 0 Å². The van der Waals surface area contributed by atoms with Gasteiger partial charge >= 0.3 is 0 Å². The highest BCUT2D eigenvalue weighted by Crippen LogP contribution is 2.23. The van der Waals surface area contributed by atoms with Crippen molar-refractivity contribution in [3.63, 3.8) is 0 Å². The maximum Gasteiger partial charge on any atom is 0.254 e. The zero-order valence-corrected chi connectivity index (χ0v) is 13.0. The molecule has 3 heterocycles. The minimum atomic E-state index is 0.127. The molecule has 1 fully saturated rings. The van der Waals surface area contributed by atoms with E-state index in [0.717, 1.165) is 42.6 Å². The number of thiophene rings is 1. The Kier molecular flexibility index (Phi) is 3.35. The molecule has 1 saturated heterocycles. The molecule has 0 atom stereocenters. The van der Waals surface area contributed by atoms with Gasteiger partial charge in [-0.15, -0.1) is 11.3 Å². The molecule has 1 N–H and O–H groups in total. The lowest BCUT2D eigenvalue weighted by Crippen LogP contribution is -2.48. The fraction of sp³-hybridized carbons (Fsp3) is 0.235. The van der Waals surface area contributed by atoms with Crippen molar-refractivity contribution in [2.75, 3.05) is 31.1 Å². The first kappa shape index (κ1) is 13.4. The van der Waals surface area contributed by atoms with Gasteiger partial charge in [-0.2, -0.15) is 0 Å². The number of aromatic nitrogens is 1. The van der Waals surface area contributed by atoms with Crippen LogP contribution in [0.25, 0.3) is 10.9 Å². The van der Waals surface area contributed by atoms with Crippen molar-refractivity contribution in [2.24, 2.45) is 0 Å². The van der Waals surface area contributed by atoms with Crippen LogP contribution in [0.4, 0.5) is 5.00 Å². The first-order chi connectivity index (χ1) is 10.8. The second kappa shape index (κ2) is 5.50. The summed E-state index contributed by atoms with van der Waals surface area (Å²) >= 11 is 1.76. The molecular weight excluding hydrogens is 294 g/mol. The summed E-state index contributed by atoms with van der Waals surface area (Å²) in [4.78, 5) is 20.1. The van der Waals surface area contributed by atoms with Gasteiger partial charge in [-0.3, -0.25) is 4.79 Å². The molecule has 112 valence electrons. The van der Waals surface area contributed by atoms with Crippen LogP contribution in [-0.4, -0.2) is 42.0 Å². The Morgan fingerprint density at radius 2 is 1.95 bits per heavy atom. The molecule has 0 spiro atoms. The van der Waals surface area contributed by atoms with Crippen LogP contribution in [-0.2, 0) is 0 Å². The van der Waals surface area contributed by atoms with E-state index in [0.29, 0.717) is 0 Å². The Morgan fingerprint density at radius 3 is 2.73 bits per heavy atom. The van der Waals surface area contributed by atoms with Gasteiger partial charge in [0.05, 0.1) is 5.00 Å². The number of nitrogens with zero attached hydrogens (tertiary/aromatic N) is 2. The van der Waals surface area contributed by atoms with E-state index >= 15 is 0 Å². The van der Waals surface area contributed by atoms with Gasteiger partial charge in [-0.05, 0) is 41.1 Å². The number of fused-ring (bicyclic) bond motifs is 1. The maximum atomic E-state index is 12.7. The van der Waals surface area contributed by atoms with E-state index in [1.807, 2.05) is 35.4 Å². The molecule has 5 heteroatoms. The lowest BCUT2D eigenvalue weighted by atomic mass is 10.1. The third-order valence-corrected chi connectivity index (χ3v) is 5.12. The van der Waals surface area contributed by atoms with Gasteiger partial charge < -0.3 is 14.8 Å². The van der Waals surface area contributed by atoms with Crippen LogP contribution in [0.1, 0.15) is 10.4 Å². The number of hydrogen-bond acceptors (Lipinski definition) is 3. The Bertz CT molecular complexity index is 785. The molecule has 4 nitrogen and oxygen atoms in total. The zero-order valence-electron chi connectivity index (χ0n) is 12.2. The van der Waals surface area contributed by atoms with Gasteiger partial charge in [0.15, 0.2) is 0 Å². The summed E-state index contributed by atoms with van der Waals surface area (Å²) in [6.45, 7) is 3.35. The molecular formula is C17H17N3OS. The second-order valence-corrected chi connectivity index (χ2v) is 6.44. The van der Waals surface area contributed by atoms with Crippen LogP contribution in [0.5, 0.6) is 0 Å². The maximum absolute atomic E-state index is 12.7. The number of H-pyrrole nitrogens is 1. The third-order valence-electron chi connectivity index (χ3n) is 4.19. The molecule has 0 bridgehead atoms. The minimum absolute atomic E-state index is 0.127. The van der Waals surface area contributed by atoms with Crippen molar-refractivity contribution in [2.45, 2.75) is 0 Å². The summed E-state index contributed by atoms with van der Waals surface area (Å²) in [5.41, 5.74) is 1.78. The average Bonchev–Trinajstić information content (AvgIpc) is 3.25. The van der Waals surface area contributed by atoms with Crippen molar-refractivity contribution in [3.05, 3.63) is 53.5 Å². The Balaban J connectivity index is 1.47. The normalized spacial score (nSPS) is 15.5.